The quantitative estimate of drug-likeness (QED) is 0.560. The van der Waals surface area contributed by atoms with Crippen molar-refractivity contribution in [2.75, 3.05) is 11.9 Å². The maximum absolute atomic E-state index is 12.9. The zero-order chi connectivity index (χ0) is 20.3. The van der Waals surface area contributed by atoms with Crippen molar-refractivity contribution >= 4 is 47.2 Å². The van der Waals surface area contributed by atoms with Crippen molar-refractivity contribution < 1.29 is 24.0 Å². The number of rotatable bonds is 3. The molecule has 2 aliphatic heterocycles. The molecule has 2 atom stereocenters. The Hall–Kier alpha value is -2.94. The van der Waals surface area contributed by atoms with Crippen LogP contribution in [0.4, 0.5) is 5.69 Å². The molecule has 1 aromatic carbocycles. The Morgan fingerprint density at radius 1 is 1.11 bits per heavy atom. The van der Waals surface area contributed by atoms with Crippen LogP contribution in [0.15, 0.2) is 24.3 Å². The minimum atomic E-state index is -1.07. The molecule has 2 aliphatic rings. The highest BCUT2D eigenvalue weighted by Gasteiger charge is 2.42. The maximum Gasteiger partial charge on any atom is 0.313 e. The molecule has 148 valence electrons. The van der Waals surface area contributed by atoms with Crippen molar-refractivity contribution in [1.29, 1.82) is 0 Å². The number of benzene rings is 1. The van der Waals surface area contributed by atoms with E-state index < -0.39 is 29.8 Å². The molecule has 0 aliphatic carbocycles. The van der Waals surface area contributed by atoms with Crippen molar-refractivity contribution in [3.8, 4) is 0 Å². The van der Waals surface area contributed by atoms with E-state index in [-0.39, 0.29) is 18.7 Å². The first-order chi connectivity index (χ1) is 13.4. The van der Waals surface area contributed by atoms with Crippen molar-refractivity contribution in [1.82, 2.24) is 15.3 Å². The number of nitrogens with one attached hydrogen (secondary N) is 2. The lowest BCUT2D eigenvalue weighted by atomic mass is 10.1. The first-order valence-corrected chi connectivity index (χ1v) is 9.24. The number of hydrazine groups is 1. The van der Waals surface area contributed by atoms with E-state index in [2.05, 4.69) is 10.6 Å². The first-order valence-electron chi connectivity index (χ1n) is 8.86. The van der Waals surface area contributed by atoms with Crippen molar-refractivity contribution in [2.45, 2.75) is 37.8 Å². The molecule has 2 heterocycles. The van der Waals surface area contributed by atoms with Gasteiger partial charge < -0.3 is 15.4 Å². The molecule has 1 aromatic rings. The molecule has 2 N–H and O–H groups in total. The van der Waals surface area contributed by atoms with Gasteiger partial charge in [0.1, 0.15) is 18.4 Å². The van der Waals surface area contributed by atoms with E-state index in [1.54, 1.807) is 12.1 Å². The average molecular weight is 407 g/mol. The molecule has 0 bridgehead atoms. The number of carbonyl (C=O) groups excluding carboxylic acids is 5. The summed E-state index contributed by atoms with van der Waals surface area (Å²) >= 11 is 5.77. The number of halogens is 1. The normalized spacial score (nSPS) is 22.2. The monoisotopic (exact) mass is 406 g/mol. The molecule has 0 spiro atoms. The molecule has 3 rings (SSSR count). The standard InChI is InChI=1S/C18H19ClN4O5/c19-11-3-5-12(6-4-11)20-16(26)17(27)21-14-7-8-15(25)22-9-1-2-13(10-24)23(22)18(14)28/h3-6,10,13-14H,1-2,7-9H2,(H,20,26)(H,21,27)/t13-,14-/m0/s1. The highest BCUT2D eigenvalue weighted by molar-refractivity contribution is 6.40. The predicted octanol–water partition coefficient (Wildman–Crippen LogP) is 0.491. The third-order valence-electron chi connectivity index (χ3n) is 4.67. The molecule has 0 saturated carbocycles. The topological polar surface area (TPSA) is 116 Å². The summed E-state index contributed by atoms with van der Waals surface area (Å²) < 4.78 is 0. The molecule has 0 aromatic heterocycles. The Morgan fingerprint density at radius 2 is 1.82 bits per heavy atom. The summed E-state index contributed by atoms with van der Waals surface area (Å²) in [6.07, 6.45) is 1.75. The van der Waals surface area contributed by atoms with E-state index in [0.29, 0.717) is 36.4 Å². The largest absolute Gasteiger partial charge is 0.336 e. The lowest BCUT2D eigenvalue weighted by Crippen LogP contribution is -2.61. The Bertz CT molecular complexity index is 813. The van der Waals surface area contributed by atoms with Crippen LogP contribution in [0, 0.1) is 0 Å². The summed E-state index contributed by atoms with van der Waals surface area (Å²) in [6, 6.07) is 4.34. The second-order valence-corrected chi connectivity index (χ2v) is 7.01. The number of carbonyl (C=O) groups is 5. The summed E-state index contributed by atoms with van der Waals surface area (Å²) in [5, 5.41) is 7.65. The number of anilines is 1. The van der Waals surface area contributed by atoms with E-state index in [1.165, 1.54) is 17.1 Å². The average Bonchev–Trinajstić information content (AvgIpc) is 2.81. The number of hydrogen-bond acceptors (Lipinski definition) is 5. The number of fused-ring (bicyclic) bond motifs is 1. The zero-order valence-corrected chi connectivity index (χ0v) is 15.6. The van der Waals surface area contributed by atoms with Crippen LogP contribution >= 0.6 is 11.6 Å². The number of nitrogens with zero attached hydrogens (tertiary/aromatic N) is 2. The summed E-state index contributed by atoms with van der Waals surface area (Å²) in [6.45, 7) is 0.340. The fourth-order valence-electron chi connectivity index (χ4n) is 3.27. The lowest BCUT2D eigenvalue weighted by Gasteiger charge is -2.41. The zero-order valence-electron chi connectivity index (χ0n) is 14.9. The Kier molecular flexibility index (Phi) is 5.93. The highest BCUT2D eigenvalue weighted by atomic mass is 35.5. The SMILES string of the molecule is O=C[C@@H]1CCCN2C(=O)CC[C@H](NC(=O)C(=O)Nc3ccc(Cl)cc3)C(=O)N12. The third-order valence-corrected chi connectivity index (χ3v) is 4.93. The second-order valence-electron chi connectivity index (χ2n) is 6.57. The molecular weight excluding hydrogens is 388 g/mol. The van der Waals surface area contributed by atoms with Gasteiger partial charge in [0.2, 0.25) is 5.91 Å². The summed E-state index contributed by atoms with van der Waals surface area (Å²) in [5.74, 6) is -2.82. The summed E-state index contributed by atoms with van der Waals surface area (Å²) in [7, 11) is 0. The molecule has 28 heavy (non-hydrogen) atoms. The summed E-state index contributed by atoms with van der Waals surface area (Å²) in [5.41, 5.74) is 0.371. The van der Waals surface area contributed by atoms with Gasteiger partial charge >= 0.3 is 11.8 Å². The second kappa shape index (κ2) is 8.39. The molecular formula is C18H19ClN4O5. The van der Waals surface area contributed by atoms with Gasteiger partial charge in [0, 0.05) is 23.7 Å². The molecule has 10 heteroatoms. The lowest BCUT2D eigenvalue weighted by molar-refractivity contribution is -0.173. The molecule has 2 saturated heterocycles. The van der Waals surface area contributed by atoms with Crippen molar-refractivity contribution in [3.05, 3.63) is 29.3 Å². The summed E-state index contributed by atoms with van der Waals surface area (Å²) in [4.78, 5) is 60.9. The van der Waals surface area contributed by atoms with Gasteiger partial charge in [0.05, 0.1) is 0 Å². The molecule has 0 radical (unpaired) electrons. The van der Waals surface area contributed by atoms with Gasteiger partial charge in [-0.25, -0.2) is 5.01 Å². The van der Waals surface area contributed by atoms with Gasteiger partial charge in [0.25, 0.3) is 5.91 Å². The van der Waals surface area contributed by atoms with E-state index >= 15 is 0 Å². The Labute approximate surface area is 165 Å². The van der Waals surface area contributed by atoms with Gasteiger partial charge in [-0.1, -0.05) is 11.6 Å². The van der Waals surface area contributed by atoms with Gasteiger partial charge in [0.15, 0.2) is 0 Å². The molecule has 4 amide bonds. The van der Waals surface area contributed by atoms with Gasteiger partial charge in [-0.3, -0.25) is 24.2 Å². The van der Waals surface area contributed by atoms with E-state index in [0.717, 1.165) is 5.01 Å². The van der Waals surface area contributed by atoms with Gasteiger partial charge in [-0.05, 0) is 43.5 Å². The third kappa shape index (κ3) is 4.14. The number of amides is 4. The van der Waals surface area contributed by atoms with Crippen LogP contribution in [0.3, 0.4) is 0 Å². The fraction of sp³-hybridized carbons (Fsp3) is 0.389. The van der Waals surface area contributed by atoms with Crippen LogP contribution in [-0.2, 0) is 24.0 Å². The van der Waals surface area contributed by atoms with Gasteiger partial charge in [-0.15, -0.1) is 0 Å². The Balaban J connectivity index is 1.70. The van der Waals surface area contributed by atoms with Crippen LogP contribution in [0.25, 0.3) is 0 Å². The highest BCUT2D eigenvalue weighted by Crippen LogP contribution is 2.23. The van der Waals surface area contributed by atoms with Crippen LogP contribution in [0.1, 0.15) is 25.7 Å². The van der Waals surface area contributed by atoms with E-state index in [1.807, 2.05) is 0 Å². The Morgan fingerprint density at radius 3 is 2.50 bits per heavy atom. The molecule has 0 unspecified atom stereocenters. The van der Waals surface area contributed by atoms with Crippen LogP contribution in [-0.4, -0.2) is 58.6 Å². The predicted molar refractivity (Wildman–Crippen MR) is 98.9 cm³/mol. The number of aldehydes is 1. The van der Waals surface area contributed by atoms with Crippen molar-refractivity contribution in [3.63, 3.8) is 0 Å². The smallest absolute Gasteiger partial charge is 0.313 e. The minimum Gasteiger partial charge on any atom is -0.336 e. The van der Waals surface area contributed by atoms with Crippen LogP contribution in [0.5, 0.6) is 0 Å². The molecule has 2 fully saturated rings. The minimum absolute atomic E-state index is 0.0254. The maximum atomic E-state index is 12.9. The van der Waals surface area contributed by atoms with Crippen LogP contribution < -0.4 is 10.6 Å². The van der Waals surface area contributed by atoms with E-state index in [9.17, 15) is 24.0 Å². The fourth-order valence-corrected chi connectivity index (χ4v) is 3.40. The first kappa shape index (κ1) is 19.8. The van der Waals surface area contributed by atoms with Crippen LogP contribution in [0.2, 0.25) is 5.02 Å². The van der Waals surface area contributed by atoms with Crippen molar-refractivity contribution in [2.24, 2.45) is 0 Å². The number of hydrogen-bond donors (Lipinski definition) is 2. The molecule has 9 nitrogen and oxygen atoms in total. The van der Waals surface area contributed by atoms with E-state index in [4.69, 9.17) is 11.6 Å². The van der Waals surface area contributed by atoms with Gasteiger partial charge in [-0.2, -0.15) is 0 Å².